The maximum absolute atomic E-state index is 12.3. The molecule has 0 saturated carbocycles. The van der Waals surface area contributed by atoms with Crippen LogP contribution in [0.3, 0.4) is 0 Å². The molecule has 0 aliphatic rings. The average Bonchev–Trinajstić information content (AvgIpc) is 2.07. The highest BCUT2D eigenvalue weighted by Gasteiger charge is 2.18. The molecule has 0 bridgehead atoms. The molecule has 0 aromatic carbocycles. The summed E-state index contributed by atoms with van der Waals surface area (Å²) >= 11 is 0. The molecule has 6 heteroatoms. The third-order valence-electron chi connectivity index (χ3n) is 1.65. The lowest BCUT2D eigenvalue weighted by Gasteiger charge is -2.07. The lowest BCUT2D eigenvalue weighted by atomic mass is 10.1. The van der Waals surface area contributed by atoms with Crippen molar-refractivity contribution in [3.05, 3.63) is 27.7 Å². The van der Waals surface area contributed by atoms with E-state index >= 15 is 0 Å². The number of nitrogens with one attached hydrogen (secondary N) is 1. The number of hydrogen-bond acceptors (Lipinski definition) is 3. The first kappa shape index (κ1) is 9.66. The number of rotatable bonds is 2. The zero-order chi connectivity index (χ0) is 10.0. The number of aromatic nitrogens is 1. The summed E-state index contributed by atoms with van der Waals surface area (Å²) in [5.41, 5.74) is 3.34. The highest BCUT2D eigenvalue weighted by Crippen LogP contribution is 2.22. The zero-order valence-corrected chi connectivity index (χ0v) is 6.55. The number of anilines is 1. The van der Waals surface area contributed by atoms with Gasteiger partial charge in [-0.25, -0.2) is 8.78 Å². The van der Waals surface area contributed by atoms with Gasteiger partial charge in [-0.3, -0.25) is 4.79 Å². The summed E-state index contributed by atoms with van der Waals surface area (Å²) in [6.07, 6.45) is -1.85. The van der Waals surface area contributed by atoms with Crippen molar-refractivity contribution < 1.29 is 13.9 Å². The van der Waals surface area contributed by atoms with Gasteiger partial charge in [0.15, 0.2) is 0 Å². The average molecular weight is 190 g/mol. The van der Waals surface area contributed by atoms with Gasteiger partial charge in [0.25, 0.3) is 12.0 Å². The monoisotopic (exact) mass is 190 g/mol. The molecular formula is C7H8F2N2O2. The minimum atomic E-state index is -2.94. The van der Waals surface area contributed by atoms with Gasteiger partial charge < -0.3 is 15.8 Å². The molecule has 0 fully saturated rings. The predicted molar refractivity (Wildman–Crippen MR) is 42.4 cm³/mol. The predicted octanol–water partition coefficient (Wildman–Crippen LogP) is 0.387. The maximum atomic E-state index is 12.3. The number of nitrogens with two attached hydrogens (primary N) is 1. The molecule has 0 radical (unpaired) electrons. The quantitative estimate of drug-likeness (QED) is 0.631. The van der Waals surface area contributed by atoms with Crippen molar-refractivity contribution in [3.8, 4) is 0 Å². The van der Waals surface area contributed by atoms with E-state index < -0.39 is 24.2 Å². The van der Waals surface area contributed by atoms with Gasteiger partial charge in [-0.05, 0) is 0 Å². The molecule has 0 spiro atoms. The van der Waals surface area contributed by atoms with E-state index in [-0.39, 0.29) is 11.3 Å². The fourth-order valence-corrected chi connectivity index (χ4v) is 1.01. The highest BCUT2D eigenvalue weighted by atomic mass is 19.3. The number of aliphatic hydroxyl groups is 1. The number of alkyl halides is 2. The molecule has 4 nitrogen and oxygen atoms in total. The minimum absolute atomic E-state index is 0.0441. The molecule has 13 heavy (non-hydrogen) atoms. The van der Waals surface area contributed by atoms with E-state index in [1.54, 1.807) is 0 Å². The molecule has 0 aliphatic carbocycles. The molecule has 0 saturated heterocycles. The van der Waals surface area contributed by atoms with E-state index in [0.29, 0.717) is 0 Å². The second kappa shape index (κ2) is 3.53. The van der Waals surface area contributed by atoms with Crippen molar-refractivity contribution in [1.29, 1.82) is 0 Å². The van der Waals surface area contributed by atoms with Gasteiger partial charge in [0, 0.05) is 11.8 Å². The second-order valence-corrected chi connectivity index (χ2v) is 2.42. The highest BCUT2D eigenvalue weighted by molar-refractivity contribution is 5.48. The summed E-state index contributed by atoms with van der Waals surface area (Å²) in [4.78, 5) is 12.9. The van der Waals surface area contributed by atoms with E-state index in [4.69, 9.17) is 10.8 Å². The lowest BCUT2D eigenvalue weighted by Crippen LogP contribution is -2.17. The zero-order valence-electron chi connectivity index (χ0n) is 6.55. The van der Waals surface area contributed by atoms with Crippen LogP contribution < -0.4 is 11.3 Å². The number of pyridine rings is 1. The van der Waals surface area contributed by atoms with Gasteiger partial charge in [-0.1, -0.05) is 0 Å². The van der Waals surface area contributed by atoms with Crippen LogP contribution in [0.2, 0.25) is 0 Å². The lowest BCUT2D eigenvalue weighted by molar-refractivity contribution is 0.145. The van der Waals surface area contributed by atoms with Crippen LogP contribution >= 0.6 is 0 Å². The van der Waals surface area contributed by atoms with Crippen molar-refractivity contribution in [2.24, 2.45) is 0 Å². The Morgan fingerprint density at radius 2 is 2.23 bits per heavy atom. The van der Waals surface area contributed by atoms with E-state index in [0.717, 1.165) is 6.20 Å². The van der Waals surface area contributed by atoms with E-state index in [1.165, 1.54) is 0 Å². The number of halogens is 2. The third-order valence-corrected chi connectivity index (χ3v) is 1.65. The maximum Gasteiger partial charge on any atom is 0.269 e. The molecule has 0 aliphatic heterocycles. The first-order chi connectivity index (χ1) is 6.07. The van der Waals surface area contributed by atoms with Gasteiger partial charge in [-0.2, -0.15) is 0 Å². The molecule has 1 aromatic rings. The van der Waals surface area contributed by atoms with Crippen LogP contribution in [-0.4, -0.2) is 10.1 Å². The van der Waals surface area contributed by atoms with Crippen LogP contribution in [0, 0.1) is 0 Å². The van der Waals surface area contributed by atoms with E-state index in [2.05, 4.69) is 4.98 Å². The Morgan fingerprint density at radius 3 is 2.62 bits per heavy atom. The van der Waals surface area contributed by atoms with Crippen LogP contribution in [0.5, 0.6) is 0 Å². The Bertz CT molecular complexity index is 362. The summed E-state index contributed by atoms with van der Waals surface area (Å²) in [6.45, 7) is -0.671. The van der Waals surface area contributed by atoms with Crippen molar-refractivity contribution in [2.75, 3.05) is 5.73 Å². The van der Waals surface area contributed by atoms with Crippen LogP contribution in [0.15, 0.2) is 11.0 Å². The molecule has 0 unspecified atom stereocenters. The fourth-order valence-electron chi connectivity index (χ4n) is 1.01. The van der Waals surface area contributed by atoms with E-state index in [9.17, 15) is 13.6 Å². The number of hydrogen-bond donors (Lipinski definition) is 3. The summed E-state index contributed by atoms with van der Waals surface area (Å²) < 4.78 is 24.5. The van der Waals surface area contributed by atoms with Crippen LogP contribution in [0.25, 0.3) is 0 Å². The van der Waals surface area contributed by atoms with Gasteiger partial charge >= 0.3 is 0 Å². The minimum Gasteiger partial charge on any atom is -0.397 e. The van der Waals surface area contributed by atoms with Crippen molar-refractivity contribution in [2.45, 2.75) is 13.0 Å². The Morgan fingerprint density at radius 1 is 1.62 bits per heavy atom. The van der Waals surface area contributed by atoms with Crippen LogP contribution in [0.1, 0.15) is 17.6 Å². The van der Waals surface area contributed by atoms with Gasteiger partial charge in [0.2, 0.25) is 0 Å². The molecule has 4 N–H and O–H groups in total. The molecule has 0 atom stereocenters. The number of aliphatic hydroxyl groups excluding tert-OH is 1. The molecular weight excluding hydrogens is 182 g/mol. The molecule has 1 heterocycles. The molecule has 0 amide bonds. The Labute approximate surface area is 72.0 Å². The number of aromatic amines is 1. The van der Waals surface area contributed by atoms with Crippen molar-refractivity contribution in [1.82, 2.24) is 4.98 Å². The van der Waals surface area contributed by atoms with Crippen molar-refractivity contribution in [3.63, 3.8) is 0 Å². The SMILES string of the molecule is Nc1c[nH]c(=O)c(C(F)F)c1CO. The summed E-state index contributed by atoms with van der Waals surface area (Å²) in [6, 6.07) is 0. The first-order valence-corrected chi connectivity index (χ1v) is 3.47. The second-order valence-electron chi connectivity index (χ2n) is 2.42. The number of H-pyrrole nitrogens is 1. The standard InChI is InChI=1S/C7H8F2N2O2/c8-6(9)5-3(2-12)4(10)1-11-7(5)13/h1,6,12H,2,10H2,(H,11,13). The van der Waals surface area contributed by atoms with Gasteiger partial charge in [-0.15, -0.1) is 0 Å². The Balaban J connectivity index is 3.44. The number of nitrogen functional groups attached to an aromatic ring is 1. The summed E-state index contributed by atoms with van der Waals surface area (Å²) in [7, 11) is 0. The molecule has 1 rings (SSSR count). The molecule has 72 valence electrons. The summed E-state index contributed by atoms with van der Waals surface area (Å²) in [5, 5.41) is 8.71. The largest absolute Gasteiger partial charge is 0.397 e. The Hall–Kier alpha value is -1.43. The van der Waals surface area contributed by atoms with Crippen LogP contribution in [0.4, 0.5) is 14.5 Å². The van der Waals surface area contributed by atoms with Gasteiger partial charge in [0.1, 0.15) is 0 Å². The smallest absolute Gasteiger partial charge is 0.269 e. The topological polar surface area (TPSA) is 79.1 Å². The molecule has 1 aromatic heterocycles. The summed E-state index contributed by atoms with van der Waals surface area (Å²) in [5.74, 6) is 0. The van der Waals surface area contributed by atoms with E-state index in [1.807, 2.05) is 0 Å². The first-order valence-electron chi connectivity index (χ1n) is 3.47. The fraction of sp³-hybridized carbons (Fsp3) is 0.286. The Kier molecular flexibility index (Phi) is 2.62. The van der Waals surface area contributed by atoms with Gasteiger partial charge in [0.05, 0.1) is 17.9 Å². The third kappa shape index (κ3) is 1.67. The van der Waals surface area contributed by atoms with Crippen LogP contribution in [-0.2, 0) is 6.61 Å². The van der Waals surface area contributed by atoms with Crippen molar-refractivity contribution >= 4 is 5.69 Å². The normalized spacial score (nSPS) is 10.8.